The summed E-state index contributed by atoms with van der Waals surface area (Å²) in [7, 11) is 1.96. The van der Waals surface area contributed by atoms with Crippen LogP contribution in [0.1, 0.15) is 0 Å². The fraction of sp³-hybridized carbons (Fsp3) is 0.333. The number of amides is 1. The number of ether oxygens (including phenoxy) is 2. The zero-order valence-corrected chi connectivity index (χ0v) is 19.5. The highest BCUT2D eigenvalue weighted by atomic mass is 32.2. The fourth-order valence-corrected chi connectivity index (χ4v) is 4.78. The van der Waals surface area contributed by atoms with Crippen molar-refractivity contribution in [2.75, 3.05) is 52.1 Å². The van der Waals surface area contributed by atoms with Gasteiger partial charge in [-0.25, -0.2) is 13.4 Å². The highest BCUT2D eigenvalue weighted by Crippen LogP contribution is 2.32. The first-order valence-corrected chi connectivity index (χ1v) is 12.2. The van der Waals surface area contributed by atoms with E-state index in [1.807, 2.05) is 19.0 Å². The van der Waals surface area contributed by atoms with Crippen molar-refractivity contribution in [3.05, 3.63) is 42.5 Å². The third-order valence-corrected chi connectivity index (χ3v) is 6.67. The molecule has 8 nitrogen and oxygen atoms in total. The molecule has 0 atom stereocenters. The molecular formula is C21H25N3O5S2. The molecule has 0 radical (unpaired) electrons. The Kier molecular flexibility index (Phi) is 7.14. The molecule has 0 aliphatic heterocycles. The average molecular weight is 464 g/mol. The number of nitrogens with zero attached hydrogens (tertiary/aromatic N) is 3. The number of anilines is 1. The lowest BCUT2D eigenvalue weighted by Gasteiger charge is -2.22. The van der Waals surface area contributed by atoms with Gasteiger partial charge >= 0.3 is 0 Å². The molecule has 0 bridgehead atoms. The predicted octanol–water partition coefficient (Wildman–Crippen LogP) is 2.68. The van der Waals surface area contributed by atoms with Crippen LogP contribution in [0.4, 0.5) is 5.13 Å². The van der Waals surface area contributed by atoms with E-state index in [1.54, 1.807) is 48.4 Å². The van der Waals surface area contributed by atoms with E-state index in [9.17, 15) is 13.2 Å². The number of carbonyl (C=O) groups is 1. The Balaban J connectivity index is 1.86. The highest BCUT2D eigenvalue weighted by Gasteiger charge is 2.23. The van der Waals surface area contributed by atoms with Crippen LogP contribution >= 0.6 is 11.3 Å². The zero-order chi connectivity index (χ0) is 22.6. The van der Waals surface area contributed by atoms with Crippen LogP contribution < -0.4 is 14.4 Å². The van der Waals surface area contributed by atoms with Gasteiger partial charge < -0.3 is 14.4 Å². The zero-order valence-electron chi connectivity index (χ0n) is 17.9. The van der Waals surface area contributed by atoms with Crippen molar-refractivity contribution < 1.29 is 22.7 Å². The SMILES string of the molecule is COc1ccc(OCC(=O)N(CCN(C)C)c2nc3c(S(C)(=O)=O)cccc3s2)cc1. The summed E-state index contributed by atoms with van der Waals surface area (Å²) >= 11 is 1.28. The molecule has 3 aromatic rings. The summed E-state index contributed by atoms with van der Waals surface area (Å²) in [5.74, 6) is 0.977. The quantitative estimate of drug-likeness (QED) is 0.482. The van der Waals surface area contributed by atoms with Crippen molar-refractivity contribution in [2.24, 2.45) is 0 Å². The van der Waals surface area contributed by atoms with Crippen LogP contribution in [0.15, 0.2) is 47.4 Å². The van der Waals surface area contributed by atoms with Gasteiger partial charge in [-0.1, -0.05) is 17.4 Å². The number of benzene rings is 2. The summed E-state index contributed by atoms with van der Waals surface area (Å²) < 4.78 is 35.7. The van der Waals surface area contributed by atoms with Gasteiger partial charge in [0.2, 0.25) is 0 Å². The summed E-state index contributed by atoms with van der Waals surface area (Å²) in [5.41, 5.74) is 0.378. The van der Waals surface area contributed by atoms with Crippen molar-refractivity contribution >= 4 is 42.4 Å². The number of methoxy groups -OCH3 is 1. The Morgan fingerprint density at radius 1 is 1.06 bits per heavy atom. The second kappa shape index (κ2) is 9.63. The monoisotopic (exact) mass is 463 g/mol. The smallest absolute Gasteiger partial charge is 0.266 e. The van der Waals surface area contributed by atoms with Gasteiger partial charge in [-0.2, -0.15) is 0 Å². The number of fused-ring (bicyclic) bond motifs is 1. The third-order valence-electron chi connectivity index (χ3n) is 4.49. The highest BCUT2D eigenvalue weighted by molar-refractivity contribution is 7.91. The van der Waals surface area contributed by atoms with Crippen LogP contribution in [0.3, 0.4) is 0 Å². The van der Waals surface area contributed by atoms with E-state index in [0.29, 0.717) is 39.9 Å². The molecule has 0 N–H and O–H groups in total. The summed E-state index contributed by atoms with van der Waals surface area (Å²) in [6, 6.07) is 12.0. The van der Waals surface area contributed by atoms with Crippen LogP contribution in [0.25, 0.3) is 10.2 Å². The van der Waals surface area contributed by atoms with Crippen molar-refractivity contribution in [3.63, 3.8) is 0 Å². The number of sulfone groups is 1. The molecule has 31 heavy (non-hydrogen) atoms. The van der Waals surface area contributed by atoms with Crippen molar-refractivity contribution in [1.82, 2.24) is 9.88 Å². The van der Waals surface area contributed by atoms with Gasteiger partial charge in [-0.3, -0.25) is 9.69 Å². The summed E-state index contributed by atoms with van der Waals surface area (Å²) in [4.78, 5) is 21.2. The minimum atomic E-state index is -3.44. The van der Waals surface area contributed by atoms with Crippen LogP contribution in [-0.4, -0.2) is 71.4 Å². The van der Waals surface area contributed by atoms with E-state index in [-0.39, 0.29) is 17.4 Å². The van der Waals surface area contributed by atoms with E-state index in [2.05, 4.69) is 4.98 Å². The average Bonchev–Trinajstić information content (AvgIpc) is 3.15. The van der Waals surface area contributed by atoms with Gasteiger partial charge in [0.15, 0.2) is 21.6 Å². The molecule has 0 aliphatic rings. The molecule has 166 valence electrons. The standard InChI is InChI=1S/C21H25N3O5S2/c1-23(2)12-13-24(19(25)14-29-16-10-8-15(28-3)9-11-16)21-22-20-17(30-21)6-5-7-18(20)31(4,26)27/h5-11H,12-14H2,1-4H3. The van der Waals surface area contributed by atoms with E-state index < -0.39 is 9.84 Å². The molecular weight excluding hydrogens is 438 g/mol. The molecule has 0 spiro atoms. The number of rotatable bonds is 9. The number of aromatic nitrogens is 1. The van der Waals surface area contributed by atoms with Gasteiger partial charge in [0, 0.05) is 19.3 Å². The molecule has 0 unspecified atom stereocenters. The molecule has 1 amide bonds. The number of para-hydroxylation sites is 1. The van der Waals surface area contributed by atoms with Crippen molar-refractivity contribution in [1.29, 1.82) is 0 Å². The molecule has 10 heteroatoms. The lowest BCUT2D eigenvalue weighted by Crippen LogP contribution is -2.39. The number of hydrogen-bond donors (Lipinski definition) is 0. The van der Waals surface area contributed by atoms with Gasteiger partial charge in [0.1, 0.15) is 17.0 Å². The second-order valence-electron chi connectivity index (χ2n) is 7.18. The normalized spacial score (nSPS) is 11.6. The molecule has 1 aromatic heterocycles. The van der Waals surface area contributed by atoms with E-state index in [1.165, 1.54) is 17.4 Å². The van der Waals surface area contributed by atoms with Crippen LogP contribution in [0.5, 0.6) is 11.5 Å². The van der Waals surface area contributed by atoms with Gasteiger partial charge in [-0.15, -0.1) is 0 Å². The first-order valence-electron chi connectivity index (χ1n) is 9.50. The third kappa shape index (κ3) is 5.72. The number of thiazole rings is 1. The van der Waals surface area contributed by atoms with E-state index in [4.69, 9.17) is 9.47 Å². The fourth-order valence-electron chi connectivity index (χ4n) is 2.85. The molecule has 0 aliphatic carbocycles. The minimum Gasteiger partial charge on any atom is -0.497 e. The van der Waals surface area contributed by atoms with Crippen molar-refractivity contribution in [3.8, 4) is 11.5 Å². The Labute approximate surface area is 185 Å². The molecule has 1 heterocycles. The van der Waals surface area contributed by atoms with Crippen LogP contribution in [0, 0.1) is 0 Å². The minimum absolute atomic E-state index is 0.155. The summed E-state index contributed by atoms with van der Waals surface area (Å²) in [6.07, 6.45) is 1.15. The number of carbonyl (C=O) groups excluding carboxylic acids is 1. The molecule has 3 rings (SSSR count). The predicted molar refractivity (Wildman–Crippen MR) is 122 cm³/mol. The molecule has 0 saturated carbocycles. The summed E-state index contributed by atoms with van der Waals surface area (Å²) in [5, 5.41) is 0.441. The largest absolute Gasteiger partial charge is 0.497 e. The number of hydrogen-bond acceptors (Lipinski definition) is 8. The van der Waals surface area contributed by atoms with Gasteiger partial charge in [-0.05, 0) is 50.5 Å². The lowest BCUT2D eigenvalue weighted by atomic mass is 10.3. The number of likely N-dealkylation sites (N-methyl/N-ethyl adjacent to an activating group) is 1. The first kappa shape index (κ1) is 23.0. The first-order chi connectivity index (χ1) is 14.7. The second-order valence-corrected chi connectivity index (χ2v) is 10.2. The Morgan fingerprint density at radius 3 is 2.35 bits per heavy atom. The topological polar surface area (TPSA) is 89.0 Å². The van der Waals surface area contributed by atoms with Gasteiger partial charge in [0.05, 0.1) is 16.7 Å². The Bertz CT molecular complexity index is 1160. The Hall–Kier alpha value is -2.69. The maximum absolute atomic E-state index is 13.0. The van der Waals surface area contributed by atoms with Crippen LogP contribution in [0.2, 0.25) is 0 Å². The lowest BCUT2D eigenvalue weighted by molar-refractivity contribution is -0.120. The molecule has 0 saturated heterocycles. The summed E-state index contributed by atoms with van der Waals surface area (Å²) in [6.45, 7) is 0.837. The maximum atomic E-state index is 13.0. The van der Waals surface area contributed by atoms with Crippen LogP contribution in [-0.2, 0) is 14.6 Å². The molecule has 0 fully saturated rings. The van der Waals surface area contributed by atoms with E-state index in [0.717, 1.165) is 6.26 Å². The van der Waals surface area contributed by atoms with Crippen molar-refractivity contribution in [2.45, 2.75) is 4.90 Å². The van der Waals surface area contributed by atoms with Gasteiger partial charge in [0.25, 0.3) is 5.91 Å². The molecule has 2 aromatic carbocycles. The van der Waals surface area contributed by atoms with E-state index >= 15 is 0 Å². The Morgan fingerprint density at radius 2 is 1.74 bits per heavy atom. The maximum Gasteiger partial charge on any atom is 0.266 e.